The van der Waals surface area contributed by atoms with E-state index in [9.17, 15) is 9.18 Å². The highest BCUT2D eigenvalue weighted by Gasteiger charge is 2.29. The summed E-state index contributed by atoms with van der Waals surface area (Å²) in [5.41, 5.74) is 2.77. The first-order valence-corrected chi connectivity index (χ1v) is 12.1. The van der Waals surface area contributed by atoms with Crippen molar-refractivity contribution < 1.29 is 9.18 Å². The SMILES string of the molecule is CC(C)Nc1ncc2c(n1)CN(C(=O)NC(Cc1ccc(Cl)c(F)c1)C1CCCCN1)CC2. The molecule has 2 aromatic rings. The van der Waals surface area contributed by atoms with E-state index >= 15 is 0 Å². The van der Waals surface area contributed by atoms with Crippen molar-refractivity contribution in [1.82, 2.24) is 25.5 Å². The average Bonchev–Trinajstić information content (AvgIpc) is 2.80. The molecule has 2 atom stereocenters. The summed E-state index contributed by atoms with van der Waals surface area (Å²) in [4.78, 5) is 24.1. The van der Waals surface area contributed by atoms with Crippen molar-refractivity contribution in [2.45, 2.75) is 70.6 Å². The van der Waals surface area contributed by atoms with Crippen molar-refractivity contribution in [2.24, 2.45) is 0 Å². The Balaban J connectivity index is 1.46. The van der Waals surface area contributed by atoms with Gasteiger partial charge in [0.15, 0.2) is 0 Å². The van der Waals surface area contributed by atoms with Crippen LogP contribution in [0.3, 0.4) is 0 Å². The van der Waals surface area contributed by atoms with Gasteiger partial charge in [-0.25, -0.2) is 19.2 Å². The molecule has 0 saturated carbocycles. The second kappa shape index (κ2) is 10.7. The molecule has 0 spiro atoms. The number of rotatable bonds is 6. The van der Waals surface area contributed by atoms with Gasteiger partial charge in [0.1, 0.15) is 5.82 Å². The minimum absolute atomic E-state index is 0.107. The molecular weight excluding hydrogens is 443 g/mol. The Labute approximate surface area is 199 Å². The number of nitrogens with one attached hydrogen (secondary N) is 3. The highest BCUT2D eigenvalue weighted by molar-refractivity contribution is 6.30. The Hall–Kier alpha value is -2.45. The predicted molar refractivity (Wildman–Crippen MR) is 128 cm³/mol. The summed E-state index contributed by atoms with van der Waals surface area (Å²) in [6.07, 6.45) is 6.32. The van der Waals surface area contributed by atoms with Crippen LogP contribution in [0.4, 0.5) is 15.1 Å². The lowest BCUT2D eigenvalue weighted by atomic mass is 9.93. The number of hydrogen-bond donors (Lipinski definition) is 3. The lowest BCUT2D eigenvalue weighted by Gasteiger charge is -2.35. The Bertz CT molecular complexity index is 981. The molecular formula is C24H32ClFN6O. The zero-order valence-corrected chi connectivity index (χ0v) is 20.0. The zero-order chi connectivity index (χ0) is 23.4. The number of benzene rings is 1. The van der Waals surface area contributed by atoms with E-state index in [2.05, 4.69) is 25.9 Å². The van der Waals surface area contributed by atoms with Gasteiger partial charge in [0.2, 0.25) is 5.95 Å². The fourth-order valence-corrected chi connectivity index (χ4v) is 4.61. The van der Waals surface area contributed by atoms with E-state index in [1.807, 2.05) is 26.1 Å². The van der Waals surface area contributed by atoms with E-state index in [-0.39, 0.29) is 29.2 Å². The number of aromatic nitrogens is 2. The normalized spacial score (nSPS) is 19.2. The number of halogens is 2. The Kier molecular flexibility index (Phi) is 7.65. The summed E-state index contributed by atoms with van der Waals surface area (Å²) in [6, 6.07) is 4.96. The molecule has 2 amide bonds. The van der Waals surface area contributed by atoms with Crippen molar-refractivity contribution in [3.05, 3.63) is 52.1 Å². The van der Waals surface area contributed by atoms with Crippen molar-refractivity contribution >= 4 is 23.6 Å². The van der Waals surface area contributed by atoms with Gasteiger partial charge in [-0.15, -0.1) is 0 Å². The average molecular weight is 475 g/mol. The van der Waals surface area contributed by atoms with Gasteiger partial charge in [-0.05, 0) is 69.3 Å². The highest BCUT2D eigenvalue weighted by atomic mass is 35.5. The van der Waals surface area contributed by atoms with E-state index in [1.54, 1.807) is 11.0 Å². The molecule has 3 heterocycles. The number of amides is 2. The fourth-order valence-electron chi connectivity index (χ4n) is 4.49. The largest absolute Gasteiger partial charge is 0.352 e. The van der Waals surface area contributed by atoms with Gasteiger partial charge in [-0.1, -0.05) is 24.1 Å². The molecule has 4 rings (SSSR count). The molecule has 0 radical (unpaired) electrons. The van der Waals surface area contributed by atoms with Crippen molar-refractivity contribution in [1.29, 1.82) is 0 Å². The summed E-state index contributed by atoms with van der Waals surface area (Å²) in [6.45, 7) is 6.05. The number of anilines is 1. The van der Waals surface area contributed by atoms with Gasteiger partial charge in [0, 0.05) is 30.9 Å². The van der Waals surface area contributed by atoms with Crippen molar-refractivity contribution in [2.75, 3.05) is 18.4 Å². The van der Waals surface area contributed by atoms with Gasteiger partial charge in [-0.3, -0.25) is 0 Å². The molecule has 2 unspecified atom stereocenters. The van der Waals surface area contributed by atoms with E-state index in [1.165, 1.54) is 6.07 Å². The van der Waals surface area contributed by atoms with E-state index in [4.69, 9.17) is 11.6 Å². The number of carbonyl (C=O) groups excluding carboxylic acids is 1. The topological polar surface area (TPSA) is 82.2 Å². The Morgan fingerprint density at radius 3 is 2.94 bits per heavy atom. The van der Waals surface area contributed by atoms with Crippen LogP contribution in [-0.4, -0.2) is 52.1 Å². The first-order chi connectivity index (χ1) is 15.9. The van der Waals surface area contributed by atoms with Crippen LogP contribution >= 0.6 is 11.6 Å². The van der Waals surface area contributed by atoms with Gasteiger partial charge >= 0.3 is 6.03 Å². The molecule has 1 saturated heterocycles. The smallest absolute Gasteiger partial charge is 0.318 e. The molecule has 9 heteroatoms. The molecule has 1 fully saturated rings. The maximum absolute atomic E-state index is 14.0. The van der Waals surface area contributed by atoms with Crippen LogP contribution in [0.25, 0.3) is 0 Å². The number of urea groups is 1. The molecule has 0 aliphatic carbocycles. The van der Waals surface area contributed by atoms with Crippen LogP contribution < -0.4 is 16.0 Å². The van der Waals surface area contributed by atoms with Crippen LogP contribution in [0.5, 0.6) is 0 Å². The summed E-state index contributed by atoms with van der Waals surface area (Å²) < 4.78 is 14.0. The fraction of sp³-hybridized carbons (Fsp3) is 0.542. The van der Waals surface area contributed by atoms with E-state index in [0.29, 0.717) is 25.5 Å². The molecule has 3 N–H and O–H groups in total. The van der Waals surface area contributed by atoms with E-state index in [0.717, 1.165) is 49.0 Å². The first-order valence-electron chi connectivity index (χ1n) is 11.7. The maximum Gasteiger partial charge on any atom is 0.318 e. The van der Waals surface area contributed by atoms with Gasteiger partial charge < -0.3 is 20.9 Å². The zero-order valence-electron chi connectivity index (χ0n) is 19.2. The Morgan fingerprint density at radius 1 is 1.36 bits per heavy atom. The lowest BCUT2D eigenvalue weighted by Crippen LogP contribution is -2.56. The molecule has 33 heavy (non-hydrogen) atoms. The molecule has 178 valence electrons. The van der Waals surface area contributed by atoms with Crippen molar-refractivity contribution in [3.63, 3.8) is 0 Å². The summed E-state index contributed by atoms with van der Waals surface area (Å²) in [5, 5.41) is 10.1. The number of fused-ring (bicyclic) bond motifs is 1. The van der Waals surface area contributed by atoms with Crippen LogP contribution in [0.1, 0.15) is 49.9 Å². The third-order valence-corrected chi connectivity index (χ3v) is 6.54. The lowest BCUT2D eigenvalue weighted by molar-refractivity contribution is 0.181. The molecule has 0 bridgehead atoms. The predicted octanol–water partition coefficient (Wildman–Crippen LogP) is 3.91. The molecule has 1 aromatic carbocycles. The second-order valence-electron chi connectivity index (χ2n) is 9.20. The third-order valence-electron chi connectivity index (χ3n) is 6.23. The summed E-state index contributed by atoms with van der Waals surface area (Å²) >= 11 is 5.85. The highest BCUT2D eigenvalue weighted by Crippen LogP contribution is 2.21. The van der Waals surface area contributed by atoms with Crippen LogP contribution in [0.15, 0.2) is 24.4 Å². The number of piperidine rings is 1. The molecule has 2 aliphatic heterocycles. The number of hydrogen-bond acceptors (Lipinski definition) is 5. The minimum atomic E-state index is -0.436. The van der Waals surface area contributed by atoms with Crippen molar-refractivity contribution in [3.8, 4) is 0 Å². The van der Waals surface area contributed by atoms with Gasteiger partial charge in [-0.2, -0.15) is 0 Å². The van der Waals surface area contributed by atoms with E-state index < -0.39 is 5.82 Å². The number of nitrogens with zero attached hydrogens (tertiary/aromatic N) is 3. The second-order valence-corrected chi connectivity index (χ2v) is 9.61. The monoisotopic (exact) mass is 474 g/mol. The molecule has 1 aromatic heterocycles. The molecule has 7 nitrogen and oxygen atoms in total. The van der Waals surface area contributed by atoms with Gasteiger partial charge in [0.25, 0.3) is 0 Å². The first kappa shape index (κ1) is 23.7. The van der Waals surface area contributed by atoms with Crippen LogP contribution in [0.2, 0.25) is 5.02 Å². The maximum atomic E-state index is 14.0. The summed E-state index contributed by atoms with van der Waals surface area (Å²) in [5.74, 6) is 0.147. The minimum Gasteiger partial charge on any atom is -0.352 e. The van der Waals surface area contributed by atoms with Gasteiger partial charge in [0.05, 0.1) is 17.3 Å². The standard InChI is InChI=1S/C24H32ClFN6O/c1-15(2)29-23-28-13-17-8-10-32(14-22(17)30-23)24(33)31-21(20-5-3-4-9-27-20)12-16-6-7-18(25)19(26)11-16/h6-7,11,13,15,20-21,27H,3-5,8-10,12,14H2,1-2H3,(H,31,33)(H,28,29,30). The quantitative estimate of drug-likeness (QED) is 0.591. The number of carbonyl (C=O) groups is 1. The van der Waals surface area contributed by atoms with Crippen LogP contribution in [-0.2, 0) is 19.4 Å². The summed E-state index contributed by atoms with van der Waals surface area (Å²) in [7, 11) is 0. The van der Waals surface area contributed by atoms with Crippen LogP contribution in [0, 0.1) is 5.82 Å². The Morgan fingerprint density at radius 2 is 2.21 bits per heavy atom. The molecule has 2 aliphatic rings. The third kappa shape index (κ3) is 6.12.